The number of thiazole rings is 1. The van der Waals surface area contributed by atoms with Gasteiger partial charge in [0, 0.05) is 43.4 Å². The van der Waals surface area contributed by atoms with Crippen molar-refractivity contribution in [1.82, 2.24) is 9.88 Å². The fraction of sp³-hybridized carbons (Fsp3) is 0.375. The van der Waals surface area contributed by atoms with Gasteiger partial charge in [-0.05, 0) is 31.2 Å². The quantitative estimate of drug-likeness (QED) is 0.935. The van der Waals surface area contributed by atoms with Crippen LogP contribution in [0.4, 0.5) is 15.6 Å². The molecule has 0 spiro atoms. The Hall–Kier alpha value is -2.28. The van der Waals surface area contributed by atoms with Gasteiger partial charge in [-0.15, -0.1) is 11.3 Å². The zero-order valence-electron chi connectivity index (χ0n) is 13.1. The van der Waals surface area contributed by atoms with E-state index in [0.29, 0.717) is 19.7 Å². The third kappa shape index (κ3) is 3.92. The number of anilines is 2. The summed E-state index contributed by atoms with van der Waals surface area (Å²) in [5, 5.41) is 5.93. The Morgan fingerprint density at radius 2 is 2.00 bits per heavy atom. The van der Waals surface area contributed by atoms with Gasteiger partial charge in [0.1, 0.15) is 5.75 Å². The molecule has 0 aliphatic carbocycles. The van der Waals surface area contributed by atoms with Crippen LogP contribution in [-0.4, -0.2) is 48.7 Å². The number of carbonyl (C=O) groups is 1. The highest BCUT2D eigenvalue weighted by Gasteiger charge is 2.22. The Kier molecular flexibility index (Phi) is 4.97. The number of rotatable bonds is 4. The van der Waals surface area contributed by atoms with Crippen LogP contribution in [0.15, 0.2) is 35.8 Å². The van der Waals surface area contributed by atoms with Crippen molar-refractivity contribution in [2.45, 2.75) is 6.92 Å². The molecule has 3 rings (SSSR count). The first-order chi connectivity index (χ1) is 11.3. The van der Waals surface area contributed by atoms with Crippen LogP contribution in [0.3, 0.4) is 0 Å². The summed E-state index contributed by atoms with van der Waals surface area (Å²) in [6, 6.07) is 7.37. The molecule has 1 fully saturated rings. The summed E-state index contributed by atoms with van der Waals surface area (Å²) in [7, 11) is 0. The lowest BCUT2D eigenvalue weighted by Gasteiger charge is -2.34. The second-order valence-electron chi connectivity index (χ2n) is 5.18. The van der Waals surface area contributed by atoms with Crippen LogP contribution in [-0.2, 0) is 0 Å². The first-order valence-corrected chi connectivity index (χ1v) is 8.57. The highest BCUT2D eigenvalue weighted by molar-refractivity contribution is 7.13. The summed E-state index contributed by atoms with van der Waals surface area (Å²) in [6.45, 7) is 5.59. The average molecular weight is 332 g/mol. The molecular formula is C16H20N4O2S. The van der Waals surface area contributed by atoms with Gasteiger partial charge in [0.15, 0.2) is 5.13 Å². The fourth-order valence-corrected chi connectivity index (χ4v) is 3.17. The number of hydrogen-bond donors (Lipinski definition) is 1. The number of benzene rings is 1. The Balaban J connectivity index is 1.51. The van der Waals surface area contributed by atoms with E-state index < -0.39 is 0 Å². The highest BCUT2D eigenvalue weighted by Crippen LogP contribution is 2.20. The van der Waals surface area contributed by atoms with Crippen molar-refractivity contribution in [3.05, 3.63) is 35.8 Å². The Morgan fingerprint density at radius 1 is 1.26 bits per heavy atom. The molecule has 6 nitrogen and oxygen atoms in total. The molecule has 23 heavy (non-hydrogen) atoms. The molecular weight excluding hydrogens is 312 g/mol. The number of nitrogens with zero attached hydrogens (tertiary/aromatic N) is 3. The maximum atomic E-state index is 12.3. The van der Waals surface area contributed by atoms with E-state index in [0.717, 1.165) is 29.7 Å². The Bertz CT molecular complexity index is 622. The normalized spacial score (nSPS) is 14.7. The third-order valence-corrected chi connectivity index (χ3v) is 4.51. The number of aromatic nitrogens is 1. The van der Waals surface area contributed by atoms with E-state index in [9.17, 15) is 4.79 Å². The molecule has 7 heteroatoms. The Labute approximate surface area is 139 Å². The first-order valence-electron chi connectivity index (χ1n) is 7.69. The molecule has 122 valence electrons. The molecule has 0 atom stereocenters. The topological polar surface area (TPSA) is 57.7 Å². The van der Waals surface area contributed by atoms with Gasteiger partial charge in [-0.1, -0.05) is 0 Å². The summed E-state index contributed by atoms with van der Waals surface area (Å²) in [4.78, 5) is 20.7. The standard InChI is InChI=1S/C16H20N4O2S/c1-2-22-14-5-3-13(4-6-14)18-15(21)19-8-10-20(11-9-19)16-17-7-12-23-16/h3-7,12H,2,8-11H2,1H3,(H,18,21). The predicted molar refractivity (Wildman–Crippen MR) is 92.5 cm³/mol. The summed E-state index contributed by atoms with van der Waals surface area (Å²) < 4.78 is 5.40. The maximum absolute atomic E-state index is 12.3. The van der Waals surface area contributed by atoms with E-state index in [1.54, 1.807) is 11.3 Å². The molecule has 1 N–H and O–H groups in total. The molecule has 0 radical (unpaired) electrons. The van der Waals surface area contributed by atoms with Gasteiger partial charge in [0.2, 0.25) is 0 Å². The smallest absolute Gasteiger partial charge is 0.321 e. The van der Waals surface area contributed by atoms with Crippen molar-refractivity contribution in [1.29, 1.82) is 0 Å². The van der Waals surface area contributed by atoms with Crippen LogP contribution in [0.2, 0.25) is 0 Å². The molecule has 0 saturated carbocycles. The minimum Gasteiger partial charge on any atom is -0.494 e. The van der Waals surface area contributed by atoms with Crippen molar-refractivity contribution < 1.29 is 9.53 Å². The number of nitrogens with one attached hydrogen (secondary N) is 1. The van der Waals surface area contributed by atoms with Gasteiger partial charge < -0.3 is 19.9 Å². The van der Waals surface area contributed by atoms with Crippen molar-refractivity contribution in [2.75, 3.05) is 43.0 Å². The van der Waals surface area contributed by atoms with E-state index in [1.165, 1.54) is 0 Å². The van der Waals surface area contributed by atoms with E-state index in [-0.39, 0.29) is 6.03 Å². The molecule has 0 bridgehead atoms. The summed E-state index contributed by atoms with van der Waals surface area (Å²) in [6.07, 6.45) is 1.81. The van der Waals surface area contributed by atoms with Crippen molar-refractivity contribution in [3.63, 3.8) is 0 Å². The average Bonchev–Trinajstić information content (AvgIpc) is 3.11. The van der Waals surface area contributed by atoms with E-state index in [4.69, 9.17) is 4.74 Å². The van der Waals surface area contributed by atoms with Gasteiger partial charge in [0.05, 0.1) is 6.61 Å². The lowest BCUT2D eigenvalue weighted by Crippen LogP contribution is -2.50. The second kappa shape index (κ2) is 7.32. The largest absolute Gasteiger partial charge is 0.494 e. The third-order valence-electron chi connectivity index (χ3n) is 3.67. The lowest BCUT2D eigenvalue weighted by molar-refractivity contribution is 0.208. The second-order valence-corrected chi connectivity index (χ2v) is 6.05. The molecule has 1 aromatic heterocycles. The van der Waals surface area contributed by atoms with Crippen LogP contribution in [0.25, 0.3) is 0 Å². The number of hydrogen-bond acceptors (Lipinski definition) is 5. The summed E-state index contributed by atoms with van der Waals surface area (Å²) >= 11 is 1.63. The zero-order chi connectivity index (χ0) is 16.1. The number of carbonyl (C=O) groups excluding carboxylic acids is 1. The van der Waals surface area contributed by atoms with Crippen LogP contribution >= 0.6 is 11.3 Å². The van der Waals surface area contributed by atoms with Crippen LogP contribution < -0.4 is 15.0 Å². The SMILES string of the molecule is CCOc1ccc(NC(=O)N2CCN(c3nccs3)CC2)cc1. The van der Waals surface area contributed by atoms with Gasteiger partial charge in [-0.2, -0.15) is 0 Å². The number of urea groups is 1. The summed E-state index contributed by atoms with van der Waals surface area (Å²) in [5.74, 6) is 0.808. The van der Waals surface area contributed by atoms with Crippen LogP contribution in [0.1, 0.15) is 6.92 Å². The first kappa shape index (κ1) is 15.6. The minimum absolute atomic E-state index is 0.0621. The number of amides is 2. The molecule has 0 unspecified atom stereocenters. The van der Waals surface area contributed by atoms with Crippen molar-refractivity contribution in [3.8, 4) is 5.75 Å². The number of ether oxygens (including phenoxy) is 1. The van der Waals surface area contributed by atoms with Gasteiger partial charge in [-0.25, -0.2) is 9.78 Å². The van der Waals surface area contributed by atoms with Crippen molar-refractivity contribution in [2.24, 2.45) is 0 Å². The molecule has 2 heterocycles. The van der Waals surface area contributed by atoms with E-state index in [2.05, 4.69) is 15.2 Å². The lowest BCUT2D eigenvalue weighted by atomic mass is 10.3. The van der Waals surface area contributed by atoms with E-state index in [1.807, 2.05) is 47.7 Å². The highest BCUT2D eigenvalue weighted by atomic mass is 32.1. The molecule has 1 aliphatic rings. The van der Waals surface area contributed by atoms with Gasteiger partial charge in [-0.3, -0.25) is 0 Å². The molecule has 1 aliphatic heterocycles. The van der Waals surface area contributed by atoms with Crippen LogP contribution in [0.5, 0.6) is 5.75 Å². The fourth-order valence-electron chi connectivity index (χ4n) is 2.48. The van der Waals surface area contributed by atoms with Crippen LogP contribution in [0, 0.1) is 0 Å². The van der Waals surface area contributed by atoms with Crippen molar-refractivity contribution >= 4 is 28.2 Å². The van der Waals surface area contributed by atoms with Gasteiger partial charge >= 0.3 is 6.03 Å². The van der Waals surface area contributed by atoms with E-state index >= 15 is 0 Å². The Morgan fingerprint density at radius 3 is 2.61 bits per heavy atom. The molecule has 1 saturated heterocycles. The monoisotopic (exact) mass is 332 g/mol. The maximum Gasteiger partial charge on any atom is 0.321 e. The molecule has 2 aromatic rings. The predicted octanol–water partition coefficient (Wildman–Crippen LogP) is 2.90. The molecule has 2 amide bonds. The molecule has 1 aromatic carbocycles. The zero-order valence-corrected chi connectivity index (χ0v) is 13.9. The number of piperazine rings is 1. The van der Waals surface area contributed by atoms with Gasteiger partial charge in [0.25, 0.3) is 0 Å². The minimum atomic E-state index is -0.0621. The summed E-state index contributed by atoms with van der Waals surface area (Å²) in [5.41, 5.74) is 0.779.